The third-order valence-corrected chi connectivity index (χ3v) is 5.70. The summed E-state index contributed by atoms with van der Waals surface area (Å²) in [6.45, 7) is 4.17. The number of alkyl carbamates (subject to hydrolysis) is 1. The number of amides is 1. The van der Waals surface area contributed by atoms with Gasteiger partial charge in [-0.05, 0) is 38.0 Å². The van der Waals surface area contributed by atoms with Gasteiger partial charge in [-0.15, -0.1) is 0 Å². The molecule has 1 N–H and O–H groups in total. The van der Waals surface area contributed by atoms with Gasteiger partial charge in [0.25, 0.3) is 0 Å². The summed E-state index contributed by atoms with van der Waals surface area (Å²) >= 11 is 0. The Hall–Kier alpha value is -4.15. The summed E-state index contributed by atoms with van der Waals surface area (Å²) in [6, 6.07) is 13.3. The number of halogens is 3. The maximum Gasteiger partial charge on any atom is 0.416 e. The van der Waals surface area contributed by atoms with Crippen LogP contribution in [0.25, 0.3) is 0 Å². The van der Waals surface area contributed by atoms with Gasteiger partial charge >= 0.3 is 24.2 Å². The maximum atomic E-state index is 14.1. The van der Waals surface area contributed by atoms with Crippen LogP contribution >= 0.6 is 0 Å². The van der Waals surface area contributed by atoms with Gasteiger partial charge in [-0.1, -0.05) is 48.5 Å². The lowest BCUT2D eigenvalue weighted by Gasteiger charge is -2.33. The summed E-state index contributed by atoms with van der Waals surface area (Å²) in [5.74, 6) is -5.35. The smallest absolute Gasteiger partial charge is 0.416 e. The van der Waals surface area contributed by atoms with Gasteiger partial charge in [0.15, 0.2) is 0 Å². The van der Waals surface area contributed by atoms with Gasteiger partial charge in [-0.3, -0.25) is 10.1 Å². The monoisotopic (exact) mass is 532 g/mol. The molecule has 38 heavy (non-hydrogen) atoms. The Morgan fingerprint density at radius 3 is 2.18 bits per heavy atom. The molecule has 2 atom stereocenters. The molecule has 1 aliphatic heterocycles. The van der Waals surface area contributed by atoms with E-state index in [1.165, 1.54) is 39.0 Å². The van der Waals surface area contributed by atoms with Gasteiger partial charge in [0.05, 0.1) is 30.0 Å². The molecule has 1 heterocycles. The fraction of sp³-hybridized carbons (Fsp3) is 0.333. The van der Waals surface area contributed by atoms with Crippen LogP contribution in [-0.2, 0) is 36.6 Å². The van der Waals surface area contributed by atoms with Crippen LogP contribution in [0.15, 0.2) is 70.9 Å². The lowest BCUT2D eigenvalue weighted by atomic mass is 9.75. The van der Waals surface area contributed by atoms with Gasteiger partial charge in [0, 0.05) is 5.92 Å². The van der Waals surface area contributed by atoms with Crippen molar-refractivity contribution in [3.8, 4) is 0 Å². The molecule has 1 amide bonds. The molecule has 11 heteroatoms. The van der Waals surface area contributed by atoms with Crippen LogP contribution in [0.4, 0.5) is 18.0 Å². The Labute approximate surface area is 217 Å². The van der Waals surface area contributed by atoms with Crippen molar-refractivity contribution in [2.45, 2.75) is 39.5 Å². The molecule has 202 valence electrons. The number of alkyl halides is 3. The van der Waals surface area contributed by atoms with Crippen LogP contribution in [0, 0.1) is 5.92 Å². The number of hydrogen-bond acceptors (Lipinski definition) is 7. The molecule has 2 unspecified atom stereocenters. The highest BCUT2D eigenvalue weighted by molar-refractivity contribution is 6.11. The molecule has 0 saturated heterocycles. The highest BCUT2D eigenvalue weighted by atomic mass is 19.4. The predicted octanol–water partition coefficient (Wildman–Crippen LogP) is 5.14. The first kappa shape index (κ1) is 28.4. The van der Waals surface area contributed by atoms with Crippen LogP contribution in [-0.4, -0.2) is 37.1 Å². The lowest BCUT2D eigenvalue weighted by molar-refractivity contribution is -0.147. The molecule has 0 bridgehead atoms. The van der Waals surface area contributed by atoms with Crippen LogP contribution in [0.5, 0.6) is 0 Å². The van der Waals surface area contributed by atoms with E-state index in [-0.39, 0.29) is 42.5 Å². The second-order valence-electron chi connectivity index (χ2n) is 8.20. The number of rotatable bonds is 7. The van der Waals surface area contributed by atoms with Crippen molar-refractivity contribution in [3.63, 3.8) is 0 Å². The Morgan fingerprint density at radius 2 is 1.55 bits per heavy atom. The molecular formula is C27H27F3N2O6. The van der Waals surface area contributed by atoms with E-state index < -0.39 is 41.6 Å². The predicted molar refractivity (Wildman–Crippen MR) is 131 cm³/mol. The van der Waals surface area contributed by atoms with Crippen LogP contribution in [0.1, 0.15) is 43.4 Å². The first-order valence-corrected chi connectivity index (χ1v) is 11.8. The second kappa shape index (κ2) is 12.4. The highest BCUT2D eigenvalue weighted by Gasteiger charge is 2.47. The van der Waals surface area contributed by atoms with Crippen molar-refractivity contribution in [3.05, 3.63) is 82.6 Å². The van der Waals surface area contributed by atoms with E-state index in [1.807, 2.05) is 0 Å². The van der Waals surface area contributed by atoms with Crippen molar-refractivity contribution >= 4 is 23.9 Å². The van der Waals surface area contributed by atoms with E-state index in [4.69, 9.17) is 14.2 Å². The third kappa shape index (κ3) is 6.58. The van der Waals surface area contributed by atoms with Gasteiger partial charge in [-0.25, -0.2) is 14.6 Å². The molecule has 8 nitrogen and oxygen atoms in total. The number of allylic oxidation sites excluding steroid dienone is 1. The number of aliphatic imine (C=N–C) groups is 1. The number of amidine groups is 1. The molecule has 3 rings (SSSR count). The summed E-state index contributed by atoms with van der Waals surface area (Å²) in [4.78, 5) is 43.0. The average Bonchev–Trinajstić information content (AvgIpc) is 2.87. The van der Waals surface area contributed by atoms with Crippen molar-refractivity contribution in [1.82, 2.24) is 5.32 Å². The number of hydrogen-bond donors (Lipinski definition) is 1. The van der Waals surface area contributed by atoms with Crippen LogP contribution in [0.3, 0.4) is 0 Å². The van der Waals surface area contributed by atoms with Gasteiger partial charge < -0.3 is 14.2 Å². The zero-order valence-electron chi connectivity index (χ0n) is 21.0. The third-order valence-electron chi connectivity index (χ3n) is 5.70. The molecule has 1 aliphatic rings. The number of esters is 2. The number of nitrogens with one attached hydrogen (secondary N) is 1. The van der Waals surface area contributed by atoms with Gasteiger partial charge in [0.2, 0.25) is 0 Å². The first-order chi connectivity index (χ1) is 18.1. The van der Waals surface area contributed by atoms with Crippen molar-refractivity contribution < 1.29 is 41.8 Å². The Bertz CT molecular complexity index is 1240. The molecular weight excluding hydrogens is 505 g/mol. The molecule has 0 fully saturated rings. The van der Waals surface area contributed by atoms with E-state index in [2.05, 4.69) is 10.3 Å². The summed E-state index contributed by atoms with van der Waals surface area (Å²) < 4.78 is 57.6. The SMILES string of the molecule is CCOC(=O)C1=C(C)N=C(NC(=O)OCc2ccccc2)C(C(=O)OCC)C1c1ccccc1C(F)(F)F. The van der Waals surface area contributed by atoms with Crippen LogP contribution in [0.2, 0.25) is 0 Å². The van der Waals surface area contributed by atoms with Crippen LogP contribution < -0.4 is 5.32 Å². The molecule has 0 aromatic heterocycles. The first-order valence-electron chi connectivity index (χ1n) is 11.8. The lowest BCUT2D eigenvalue weighted by Crippen LogP contribution is -2.46. The van der Waals surface area contributed by atoms with E-state index in [0.717, 1.165) is 6.07 Å². The second-order valence-corrected chi connectivity index (χ2v) is 8.20. The number of carbonyl (C=O) groups excluding carboxylic acids is 3. The van der Waals surface area contributed by atoms with E-state index in [1.54, 1.807) is 30.3 Å². The minimum atomic E-state index is -4.81. The minimum Gasteiger partial charge on any atom is -0.465 e. The molecule has 0 radical (unpaired) electrons. The number of carbonyl (C=O) groups is 3. The Morgan fingerprint density at radius 1 is 0.921 bits per heavy atom. The minimum absolute atomic E-state index is 0.0238. The fourth-order valence-electron chi connectivity index (χ4n) is 4.15. The quantitative estimate of drug-likeness (QED) is 0.391. The molecule has 0 saturated carbocycles. The number of nitrogens with zero attached hydrogens (tertiary/aromatic N) is 1. The van der Waals surface area contributed by atoms with Gasteiger partial charge in [0.1, 0.15) is 18.4 Å². The van der Waals surface area contributed by atoms with Crippen molar-refractivity contribution in [2.75, 3.05) is 13.2 Å². The zero-order chi connectivity index (χ0) is 27.9. The Balaban J connectivity index is 2.11. The van der Waals surface area contributed by atoms with Crippen molar-refractivity contribution in [1.29, 1.82) is 0 Å². The van der Waals surface area contributed by atoms with E-state index in [9.17, 15) is 27.6 Å². The standard InChI is InChI=1S/C27H27F3N2O6/c1-4-36-24(33)20-16(3)31-23(32-26(35)38-15-17-11-7-6-8-12-17)22(25(34)37-5-2)21(20)18-13-9-10-14-19(18)27(28,29)30/h6-14,21-22H,4-5,15H2,1-3H3,(H,31,32,35). The van der Waals surface area contributed by atoms with E-state index >= 15 is 0 Å². The summed E-state index contributed by atoms with van der Waals surface area (Å²) in [6.07, 6.45) is -5.79. The summed E-state index contributed by atoms with van der Waals surface area (Å²) in [5.41, 5.74) is -1.00. The van der Waals surface area contributed by atoms with E-state index in [0.29, 0.717) is 5.56 Å². The number of benzene rings is 2. The topological polar surface area (TPSA) is 103 Å². The average molecular weight is 533 g/mol. The zero-order valence-corrected chi connectivity index (χ0v) is 21.0. The summed E-state index contributed by atoms with van der Waals surface area (Å²) in [7, 11) is 0. The normalized spacial score (nSPS) is 17.4. The largest absolute Gasteiger partial charge is 0.465 e. The molecule has 0 spiro atoms. The highest BCUT2D eigenvalue weighted by Crippen LogP contribution is 2.44. The molecule has 2 aromatic rings. The molecule has 2 aromatic carbocycles. The van der Waals surface area contributed by atoms with Crippen molar-refractivity contribution in [2.24, 2.45) is 10.9 Å². The fourth-order valence-corrected chi connectivity index (χ4v) is 4.15. The maximum absolute atomic E-state index is 14.1. The number of ether oxygens (including phenoxy) is 3. The Kier molecular flexibility index (Phi) is 9.27. The molecule has 0 aliphatic carbocycles. The summed E-state index contributed by atoms with van der Waals surface area (Å²) in [5, 5.41) is 2.38. The van der Waals surface area contributed by atoms with Gasteiger partial charge in [-0.2, -0.15) is 13.2 Å².